The molecule has 0 spiro atoms. The third-order valence-corrected chi connectivity index (χ3v) is 18.1. The second kappa shape index (κ2) is 72.9. The standard InChI is InChI=1S/C77H150O6/c1-4-7-10-13-16-19-22-24-26-28-30-32-34-36-37-38-39-40-41-43-44-46-48-50-52-55-58-61-64-67-70-76(79)82-73-74(72-81-75(78)69-66-63-60-57-54-21-18-15-12-9-6-3)83-77(80)71-68-65-62-59-56-53-51-49-47-45-42-35-33-31-29-27-25-23-20-17-14-11-8-5-2/h74H,4-73H2,1-3H3. The average Bonchev–Trinajstić information content (AvgIpc) is 3.48. The molecule has 6 heteroatoms. The van der Waals surface area contributed by atoms with Crippen LogP contribution in [0.5, 0.6) is 0 Å². The van der Waals surface area contributed by atoms with E-state index in [1.807, 2.05) is 0 Å². The molecular formula is C77H150O6. The molecule has 0 radical (unpaired) electrons. The number of esters is 3. The normalized spacial score (nSPS) is 11.9. The van der Waals surface area contributed by atoms with E-state index < -0.39 is 6.10 Å². The Morgan fingerprint density at radius 3 is 0.482 bits per heavy atom. The molecule has 0 aliphatic heterocycles. The van der Waals surface area contributed by atoms with Crippen molar-refractivity contribution in [2.75, 3.05) is 13.2 Å². The maximum Gasteiger partial charge on any atom is 0.306 e. The first-order valence-corrected chi connectivity index (χ1v) is 38.5. The summed E-state index contributed by atoms with van der Waals surface area (Å²) in [4.78, 5) is 38.4. The lowest BCUT2D eigenvalue weighted by Gasteiger charge is -2.18. The van der Waals surface area contributed by atoms with Crippen LogP contribution in [-0.4, -0.2) is 37.2 Å². The highest BCUT2D eigenvalue weighted by atomic mass is 16.6. The molecule has 0 aliphatic carbocycles. The number of carbonyl (C=O) groups is 3. The number of unbranched alkanes of at least 4 members (excludes halogenated alkanes) is 62. The maximum atomic E-state index is 13.0. The highest BCUT2D eigenvalue weighted by Crippen LogP contribution is 2.20. The zero-order valence-corrected chi connectivity index (χ0v) is 57.0. The Balaban J connectivity index is 4.07. The molecular weight excluding hydrogens is 1020 g/mol. The Morgan fingerprint density at radius 1 is 0.193 bits per heavy atom. The van der Waals surface area contributed by atoms with Gasteiger partial charge in [0.15, 0.2) is 6.10 Å². The first kappa shape index (κ1) is 81.4. The summed E-state index contributed by atoms with van der Waals surface area (Å²) in [5.41, 5.74) is 0. The van der Waals surface area contributed by atoms with Crippen LogP contribution in [0.2, 0.25) is 0 Å². The zero-order chi connectivity index (χ0) is 59.9. The van der Waals surface area contributed by atoms with Gasteiger partial charge in [0.1, 0.15) is 13.2 Å². The molecule has 0 bridgehead atoms. The molecule has 0 heterocycles. The molecule has 0 N–H and O–H groups in total. The Labute approximate surface area is 520 Å². The van der Waals surface area contributed by atoms with E-state index in [1.165, 1.54) is 360 Å². The van der Waals surface area contributed by atoms with Crippen molar-refractivity contribution in [1.29, 1.82) is 0 Å². The summed E-state index contributed by atoms with van der Waals surface area (Å²) < 4.78 is 17.0. The first-order valence-electron chi connectivity index (χ1n) is 38.5. The molecule has 0 saturated heterocycles. The van der Waals surface area contributed by atoms with Gasteiger partial charge in [0.05, 0.1) is 0 Å². The number of ether oxygens (including phenoxy) is 3. The van der Waals surface area contributed by atoms with Crippen molar-refractivity contribution in [3.63, 3.8) is 0 Å². The summed E-state index contributed by atoms with van der Waals surface area (Å²) in [5, 5.41) is 0. The van der Waals surface area contributed by atoms with Crippen molar-refractivity contribution in [3.8, 4) is 0 Å². The molecule has 0 saturated carbocycles. The van der Waals surface area contributed by atoms with E-state index in [-0.39, 0.29) is 31.1 Å². The Bertz CT molecular complexity index is 1250. The fourth-order valence-corrected chi connectivity index (χ4v) is 12.3. The third-order valence-electron chi connectivity index (χ3n) is 18.1. The van der Waals surface area contributed by atoms with Gasteiger partial charge in [-0.3, -0.25) is 14.4 Å². The van der Waals surface area contributed by atoms with Crippen molar-refractivity contribution >= 4 is 17.9 Å². The van der Waals surface area contributed by atoms with Crippen LogP contribution in [0, 0.1) is 0 Å². The summed E-state index contributed by atoms with van der Waals surface area (Å²) in [7, 11) is 0. The van der Waals surface area contributed by atoms with Crippen LogP contribution in [0.3, 0.4) is 0 Å². The number of hydrogen-bond donors (Lipinski definition) is 0. The van der Waals surface area contributed by atoms with Gasteiger partial charge in [0, 0.05) is 19.3 Å². The summed E-state index contributed by atoms with van der Waals surface area (Å²) in [6.45, 7) is 6.74. The largest absolute Gasteiger partial charge is 0.462 e. The van der Waals surface area contributed by atoms with Crippen LogP contribution < -0.4 is 0 Å². The topological polar surface area (TPSA) is 78.9 Å². The molecule has 0 amide bonds. The fourth-order valence-electron chi connectivity index (χ4n) is 12.3. The molecule has 1 atom stereocenters. The predicted octanol–water partition coefficient (Wildman–Crippen LogP) is 26.6. The lowest BCUT2D eigenvalue weighted by molar-refractivity contribution is -0.167. The minimum atomic E-state index is -0.763. The minimum absolute atomic E-state index is 0.0602. The number of carbonyl (C=O) groups excluding carboxylic acids is 3. The number of rotatable bonds is 73. The molecule has 1 unspecified atom stereocenters. The second-order valence-corrected chi connectivity index (χ2v) is 26.6. The van der Waals surface area contributed by atoms with Crippen LogP contribution in [0.4, 0.5) is 0 Å². The Hall–Kier alpha value is -1.59. The molecule has 0 aromatic rings. The summed E-state index contributed by atoms with van der Waals surface area (Å²) in [6, 6.07) is 0. The lowest BCUT2D eigenvalue weighted by atomic mass is 10.0. The molecule has 0 rings (SSSR count). The Morgan fingerprint density at radius 2 is 0.325 bits per heavy atom. The van der Waals surface area contributed by atoms with Crippen molar-refractivity contribution in [3.05, 3.63) is 0 Å². The summed E-state index contributed by atoms with van der Waals surface area (Å²) in [6.07, 6.45) is 87.5. The summed E-state index contributed by atoms with van der Waals surface area (Å²) >= 11 is 0. The first-order chi connectivity index (χ1) is 41.0. The quantitative estimate of drug-likeness (QED) is 0.0343. The van der Waals surface area contributed by atoms with E-state index in [0.29, 0.717) is 19.3 Å². The van der Waals surface area contributed by atoms with E-state index in [2.05, 4.69) is 20.8 Å². The van der Waals surface area contributed by atoms with E-state index in [9.17, 15) is 14.4 Å². The van der Waals surface area contributed by atoms with Gasteiger partial charge >= 0.3 is 17.9 Å². The van der Waals surface area contributed by atoms with Gasteiger partial charge < -0.3 is 14.2 Å². The third kappa shape index (κ3) is 71.1. The van der Waals surface area contributed by atoms with Gasteiger partial charge in [-0.15, -0.1) is 0 Å². The second-order valence-electron chi connectivity index (χ2n) is 26.6. The fraction of sp³-hybridized carbons (Fsp3) is 0.961. The van der Waals surface area contributed by atoms with E-state index >= 15 is 0 Å². The lowest BCUT2D eigenvalue weighted by Crippen LogP contribution is -2.30. The van der Waals surface area contributed by atoms with Gasteiger partial charge in [-0.05, 0) is 19.3 Å². The molecule has 0 aliphatic rings. The van der Waals surface area contributed by atoms with E-state index in [0.717, 1.165) is 57.8 Å². The predicted molar refractivity (Wildman–Crippen MR) is 363 cm³/mol. The maximum absolute atomic E-state index is 13.0. The van der Waals surface area contributed by atoms with Crippen LogP contribution in [0.15, 0.2) is 0 Å². The van der Waals surface area contributed by atoms with Gasteiger partial charge in [-0.25, -0.2) is 0 Å². The molecule has 6 nitrogen and oxygen atoms in total. The molecule has 0 fully saturated rings. The van der Waals surface area contributed by atoms with Gasteiger partial charge in [-0.2, -0.15) is 0 Å². The van der Waals surface area contributed by atoms with Gasteiger partial charge in [-0.1, -0.05) is 419 Å². The van der Waals surface area contributed by atoms with Crippen LogP contribution in [0.25, 0.3) is 0 Å². The van der Waals surface area contributed by atoms with Crippen molar-refractivity contribution in [2.45, 2.75) is 463 Å². The zero-order valence-electron chi connectivity index (χ0n) is 57.0. The highest BCUT2D eigenvalue weighted by molar-refractivity contribution is 5.71. The molecule has 494 valence electrons. The molecule has 0 aromatic heterocycles. The smallest absolute Gasteiger partial charge is 0.306 e. The Kier molecular flexibility index (Phi) is 71.5. The molecule has 83 heavy (non-hydrogen) atoms. The van der Waals surface area contributed by atoms with E-state index in [4.69, 9.17) is 14.2 Å². The van der Waals surface area contributed by atoms with Crippen molar-refractivity contribution in [2.24, 2.45) is 0 Å². The SMILES string of the molecule is CCCCCCCCCCCCCCCCCCCCCCCCCCCCCCCCC(=O)OCC(COC(=O)CCCCCCCCCCCCC)OC(=O)CCCCCCCCCCCCCCCCCCCCCCCCCC. The van der Waals surface area contributed by atoms with Crippen LogP contribution >= 0.6 is 0 Å². The van der Waals surface area contributed by atoms with Crippen LogP contribution in [0.1, 0.15) is 457 Å². The summed E-state index contributed by atoms with van der Waals surface area (Å²) in [5.74, 6) is -0.819. The van der Waals surface area contributed by atoms with Gasteiger partial charge in [0.25, 0.3) is 0 Å². The van der Waals surface area contributed by atoms with Crippen LogP contribution in [-0.2, 0) is 28.6 Å². The van der Waals surface area contributed by atoms with Gasteiger partial charge in [0.2, 0.25) is 0 Å². The van der Waals surface area contributed by atoms with E-state index in [1.54, 1.807) is 0 Å². The average molecular weight is 1170 g/mol. The van der Waals surface area contributed by atoms with Crippen molar-refractivity contribution in [1.82, 2.24) is 0 Å². The molecule has 0 aromatic carbocycles. The monoisotopic (exact) mass is 1170 g/mol. The minimum Gasteiger partial charge on any atom is -0.462 e. The highest BCUT2D eigenvalue weighted by Gasteiger charge is 2.20. The number of hydrogen-bond acceptors (Lipinski definition) is 6. The van der Waals surface area contributed by atoms with Crippen molar-refractivity contribution < 1.29 is 28.6 Å².